The first-order chi connectivity index (χ1) is 9.63. The number of aromatic amines is 1. The number of halogens is 1. The molecule has 0 radical (unpaired) electrons. The van der Waals surface area contributed by atoms with E-state index in [1.54, 1.807) is 0 Å². The van der Waals surface area contributed by atoms with Gasteiger partial charge in [0.2, 0.25) is 5.95 Å². The molecule has 1 aliphatic heterocycles. The highest BCUT2D eigenvalue weighted by molar-refractivity contribution is 9.10. The number of anilines is 1. The zero-order valence-corrected chi connectivity index (χ0v) is 12.9. The maximum absolute atomic E-state index is 5.96. The van der Waals surface area contributed by atoms with E-state index < -0.39 is 0 Å². The van der Waals surface area contributed by atoms with E-state index >= 15 is 0 Å². The van der Waals surface area contributed by atoms with Gasteiger partial charge in [0.1, 0.15) is 0 Å². The number of nitrogens with two attached hydrogens (primary N) is 1. The summed E-state index contributed by atoms with van der Waals surface area (Å²) >= 11 is 3.28. The Balaban J connectivity index is 1.69. The van der Waals surface area contributed by atoms with E-state index in [9.17, 15) is 0 Å². The Morgan fingerprint density at radius 1 is 1.45 bits per heavy atom. The number of hydrogen-bond acceptors (Lipinski definition) is 5. The minimum absolute atomic E-state index is 0.264. The van der Waals surface area contributed by atoms with E-state index in [2.05, 4.69) is 42.9 Å². The molecule has 3 rings (SSSR count). The Morgan fingerprint density at radius 2 is 2.20 bits per heavy atom. The molecule has 0 aliphatic carbocycles. The summed E-state index contributed by atoms with van der Waals surface area (Å²) in [5, 5.41) is 7.20. The van der Waals surface area contributed by atoms with Gasteiger partial charge in [0, 0.05) is 19.1 Å². The van der Waals surface area contributed by atoms with Gasteiger partial charge in [-0.05, 0) is 53.7 Å². The van der Waals surface area contributed by atoms with Gasteiger partial charge in [-0.3, -0.25) is 5.10 Å². The molecule has 108 valence electrons. The number of hydrogen-bond donors (Lipinski definition) is 2. The summed E-state index contributed by atoms with van der Waals surface area (Å²) in [6.07, 6.45) is 2.18. The zero-order chi connectivity index (χ0) is 14.1. The number of nitrogens with zero attached hydrogens (tertiary/aromatic N) is 3. The fourth-order valence-electron chi connectivity index (χ4n) is 2.57. The van der Waals surface area contributed by atoms with Gasteiger partial charge in [-0.1, -0.05) is 0 Å². The van der Waals surface area contributed by atoms with Crippen LogP contribution in [-0.4, -0.2) is 34.3 Å². The first kappa shape index (κ1) is 13.6. The highest BCUT2D eigenvalue weighted by Crippen LogP contribution is 2.26. The number of piperidine rings is 1. The predicted molar refractivity (Wildman–Crippen MR) is 80.4 cm³/mol. The molecule has 0 spiro atoms. The lowest BCUT2D eigenvalue weighted by Crippen LogP contribution is -2.40. The van der Waals surface area contributed by atoms with Crippen molar-refractivity contribution in [1.29, 1.82) is 0 Å². The lowest BCUT2D eigenvalue weighted by Gasteiger charge is -2.32. The van der Waals surface area contributed by atoms with E-state index in [0.717, 1.165) is 31.9 Å². The number of H-pyrrole nitrogens is 1. The molecular formula is C13H18BrN5O. The quantitative estimate of drug-likeness (QED) is 0.896. The zero-order valence-electron chi connectivity index (χ0n) is 11.3. The van der Waals surface area contributed by atoms with Gasteiger partial charge < -0.3 is 15.1 Å². The Morgan fingerprint density at radius 3 is 2.80 bits per heavy atom. The smallest absolute Gasteiger partial charge is 0.245 e. The van der Waals surface area contributed by atoms with E-state index in [1.807, 2.05) is 12.1 Å². The molecule has 3 N–H and O–H groups in total. The van der Waals surface area contributed by atoms with E-state index in [4.69, 9.17) is 10.2 Å². The Labute approximate surface area is 125 Å². The maximum Gasteiger partial charge on any atom is 0.245 e. The topological polar surface area (TPSA) is 84.0 Å². The first-order valence-electron chi connectivity index (χ1n) is 6.82. The Hall–Kier alpha value is -1.34. The first-order valence-corrected chi connectivity index (χ1v) is 7.61. The Kier molecular flexibility index (Phi) is 3.80. The molecule has 6 nitrogen and oxygen atoms in total. The van der Waals surface area contributed by atoms with Crippen molar-refractivity contribution in [3.63, 3.8) is 0 Å². The van der Waals surface area contributed by atoms with Crippen LogP contribution in [0.1, 0.15) is 19.8 Å². The predicted octanol–water partition coefficient (Wildman–Crippen LogP) is 2.39. The molecule has 0 bridgehead atoms. The Bertz CT molecular complexity index is 571. The third-order valence-corrected chi connectivity index (χ3v) is 4.27. The average molecular weight is 340 g/mol. The molecule has 7 heteroatoms. The van der Waals surface area contributed by atoms with Gasteiger partial charge in [0.05, 0.1) is 0 Å². The molecule has 2 aromatic rings. The fourth-order valence-corrected chi connectivity index (χ4v) is 2.88. The number of rotatable bonds is 3. The van der Waals surface area contributed by atoms with Gasteiger partial charge in [-0.25, -0.2) is 0 Å². The van der Waals surface area contributed by atoms with Crippen LogP contribution in [0.4, 0.5) is 5.95 Å². The van der Waals surface area contributed by atoms with Crippen LogP contribution in [0.15, 0.2) is 21.2 Å². The minimum Gasteiger partial charge on any atom is -0.446 e. The van der Waals surface area contributed by atoms with E-state index in [0.29, 0.717) is 22.2 Å². The summed E-state index contributed by atoms with van der Waals surface area (Å²) in [7, 11) is 0. The van der Waals surface area contributed by atoms with Gasteiger partial charge in [-0.15, -0.1) is 5.10 Å². The van der Waals surface area contributed by atoms with Gasteiger partial charge in [-0.2, -0.15) is 4.98 Å². The highest BCUT2D eigenvalue weighted by atomic mass is 79.9. The van der Waals surface area contributed by atoms with Gasteiger partial charge in [0.25, 0.3) is 0 Å². The third-order valence-electron chi connectivity index (χ3n) is 3.85. The van der Waals surface area contributed by atoms with Crippen LogP contribution in [0.2, 0.25) is 0 Å². The van der Waals surface area contributed by atoms with Crippen molar-refractivity contribution < 1.29 is 4.42 Å². The molecule has 3 heterocycles. The summed E-state index contributed by atoms with van der Waals surface area (Å²) in [6.45, 7) is 3.98. The van der Waals surface area contributed by atoms with Crippen LogP contribution in [0, 0.1) is 5.92 Å². The monoisotopic (exact) mass is 339 g/mol. The van der Waals surface area contributed by atoms with Crippen LogP contribution in [0.3, 0.4) is 0 Å². The number of aromatic nitrogens is 3. The SMILES string of the molecule is CC(N)C1CCN(c2n[nH]c(-c3ccc(Br)o3)n2)CC1. The molecule has 1 fully saturated rings. The number of nitrogens with one attached hydrogen (secondary N) is 1. The standard InChI is InChI=1S/C13H18BrN5O/c1-8(15)9-4-6-19(7-5-9)13-16-12(17-18-13)10-2-3-11(14)20-10/h2-3,8-9H,4-7,15H2,1H3,(H,16,17,18). The van der Waals surface area contributed by atoms with Crippen molar-refractivity contribution in [2.24, 2.45) is 11.7 Å². The average Bonchev–Trinajstić information content (AvgIpc) is 3.07. The van der Waals surface area contributed by atoms with Crippen LogP contribution in [0.25, 0.3) is 11.6 Å². The van der Waals surface area contributed by atoms with Crippen molar-refractivity contribution in [2.45, 2.75) is 25.8 Å². The molecular weight excluding hydrogens is 322 g/mol. The van der Waals surface area contributed by atoms with Crippen LogP contribution in [0.5, 0.6) is 0 Å². The maximum atomic E-state index is 5.96. The minimum atomic E-state index is 0.264. The second-order valence-electron chi connectivity index (χ2n) is 5.27. The van der Waals surface area contributed by atoms with Crippen LogP contribution >= 0.6 is 15.9 Å². The van der Waals surface area contributed by atoms with Crippen molar-refractivity contribution in [2.75, 3.05) is 18.0 Å². The normalized spacial score (nSPS) is 18.4. The summed E-state index contributed by atoms with van der Waals surface area (Å²) in [4.78, 5) is 6.69. The largest absolute Gasteiger partial charge is 0.446 e. The van der Waals surface area contributed by atoms with E-state index in [1.165, 1.54) is 0 Å². The van der Waals surface area contributed by atoms with Crippen molar-refractivity contribution in [1.82, 2.24) is 15.2 Å². The lowest BCUT2D eigenvalue weighted by atomic mass is 9.91. The molecule has 0 aromatic carbocycles. The molecule has 0 amide bonds. The second kappa shape index (κ2) is 5.57. The van der Waals surface area contributed by atoms with E-state index in [-0.39, 0.29) is 6.04 Å². The second-order valence-corrected chi connectivity index (χ2v) is 6.05. The van der Waals surface area contributed by atoms with Crippen LogP contribution in [-0.2, 0) is 0 Å². The molecule has 1 atom stereocenters. The van der Waals surface area contributed by atoms with Crippen molar-refractivity contribution in [3.05, 3.63) is 16.8 Å². The summed E-state index contributed by atoms with van der Waals surface area (Å²) < 4.78 is 6.15. The molecule has 1 saturated heterocycles. The molecule has 1 aliphatic rings. The van der Waals surface area contributed by atoms with Crippen molar-refractivity contribution >= 4 is 21.9 Å². The van der Waals surface area contributed by atoms with Gasteiger partial charge >= 0.3 is 0 Å². The molecule has 20 heavy (non-hydrogen) atoms. The molecule has 2 aromatic heterocycles. The highest BCUT2D eigenvalue weighted by Gasteiger charge is 2.24. The summed E-state index contributed by atoms with van der Waals surface area (Å²) in [5.74, 6) is 2.67. The van der Waals surface area contributed by atoms with Gasteiger partial charge in [0.15, 0.2) is 16.3 Å². The lowest BCUT2D eigenvalue weighted by molar-refractivity contribution is 0.352. The number of furan rings is 1. The molecule has 0 saturated carbocycles. The third kappa shape index (κ3) is 2.73. The molecule has 1 unspecified atom stereocenters. The summed E-state index contributed by atoms with van der Waals surface area (Å²) in [6, 6.07) is 3.96. The van der Waals surface area contributed by atoms with Crippen LogP contribution < -0.4 is 10.6 Å². The summed E-state index contributed by atoms with van der Waals surface area (Å²) in [5.41, 5.74) is 5.96. The fraction of sp³-hybridized carbons (Fsp3) is 0.538. The van der Waals surface area contributed by atoms with Crippen molar-refractivity contribution in [3.8, 4) is 11.6 Å².